The van der Waals surface area contributed by atoms with Crippen LogP contribution >= 0.6 is 0 Å². The molecule has 0 unspecified atom stereocenters. The summed E-state index contributed by atoms with van der Waals surface area (Å²) in [4.78, 5) is 61.4. The second-order valence-electron chi connectivity index (χ2n) is 8.15. The molecule has 1 aliphatic heterocycles. The number of rotatable bonds is 6. The molecule has 4 rings (SSSR count). The number of nitrogens with zero attached hydrogens (tertiary/aromatic N) is 2. The Labute approximate surface area is 194 Å². The summed E-state index contributed by atoms with van der Waals surface area (Å²) in [6.07, 6.45) is 4.40. The van der Waals surface area contributed by atoms with Crippen LogP contribution in [0.2, 0.25) is 0 Å². The molecular formula is C24H21N3O7. The van der Waals surface area contributed by atoms with Crippen LogP contribution in [0.3, 0.4) is 0 Å². The smallest absolute Gasteiger partial charge is 0.338 e. The number of amides is 3. The van der Waals surface area contributed by atoms with E-state index in [2.05, 4.69) is 5.32 Å². The van der Waals surface area contributed by atoms with Crippen LogP contribution in [0.1, 0.15) is 23.7 Å². The van der Waals surface area contributed by atoms with Gasteiger partial charge >= 0.3 is 5.97 Å². The lowest BCUT2D eigenvalue weighted by atomic mass is 9.78. The van der Waals surface area contributed by atoms with Crippen molar-refractivity contribution in [2.24, 2.45) is 17.8 Å². The van der Waals surface area contributed by atoms with E-state index in [4.69, 9.17) is 4.74 Å². The number of hydrogen-bond donors (Lipinski definition) is 1. The first-order chi connectivity index (χ1) is 16.3. The Hall–Kier alpha value is -4.34. The highest BCUT2D eigenvalue weighted by Crippen LogP contribution is 2.40. The molecule has 2 aromatic carbocycles. The van der Waals surface area contributed by atoms with Crippen LogP contribution < -0.4 is 10.2 Å². The van der Waals surface area contributed by atoms with Gasteiger partial charge in [-0.2, -0.15) is 0 Å². The van der Waals surface area contributed by atoms with E-state index in [0.717, 1.165) is 0 Å². The maximum atomic E-state index is 12.9. The van der Waals surface area contributed by atoms with Crippen molar-refractivity contribution in [1.29, 1.82) is 0 Å². The van der Waals surface area contributed by atoms with Crippen LogP contribution in [0.25, 0.3) is 0 Å². The minimum Gasteiger partial charge on any atom is -0.452 e. The minimum atomic E-state index is -0.772. The Bertz CT molecular complexity index is 1210. The molecule has 34 heavy (non-hydrogen) atoms. The number of ether oxygens (including phenoxy) is 1. The van der Waals surface area contributed by atoms with E-state index in [-0.39, 0.29) is 46.5 Å². The number of allylic oxidation sites excluding steroid dienone is 2. The van der Waals surface area contributed by atoms with Crippen molar-refractivity contribution in [3.63, 3.8) is 0 Å². The van der Waals surface area contributed by atoms with Gasteiger partial charge in [0.1, 0.15) is 0 Å². The van der Waals surface area contributed by atoms with Gasteiger partial charge in [-0.1, -0.05) is 25.1 Å². The average molecular weight is 463 g/mol. The van der Waals surface area contributed by atoms with Crippen LogP contribution in [0.15, 0.2) is 60.7 Å². The summed E-state index contributed by atoms with van der Waals surface area (Å²) in [7, 11) is 0. The number of carbonyl (C=O) groups excluding carboxylic acids is 4. The molecule has 0 radical (unpaired) electrons. The van der Waals surface area contributed by atoms with E-state index in [1.165, 1.54) is 53.4 Å². The third-order valence-electron chi connectivity index (χ3n) is 5.91. The van der Waals surface area contributed by atoms with Crippen LogP contribution in [0.4, 0.5) is 17.1 Å². The Kier molecular flexibility index (Phi) is 6.22. The third-order valence-corrected chi connectivity index (χ3v) is 5.91. The van der Waals surface area contributed by atoms with Gasteiger partial charge in [0.25, 0.3) is 11.6 Å². The summed E-state index contributed by atoms with van der Waals surface area (Å²) in [6.45, 7) is 1.32. The molecule has 0 saturated carbocycles. The van der Waals surface area contributed by atoms with Gasteiger partial charge in [-0.3, -0.25) is 29.4 Å². The zero-order valence-electron chi connectivity index (χ0n) is 18.2. The fourth-order valence-electron chi connectivity index (χ4n) is 4.26. The Morgan fingerprint density at radius 2 is 1.88 bits per heavy atom. The predicted molar refractivity (Wildman–Crippen MR) is 121 cm³/mol. The van der Waals surface area contributed by atoms with Crippen molar-refractivity contribution in [2.45, 2.75) is 13.3 Å². The lowest BCUT2D eigenvalue weighted by Gasteiger charge is -2.22. The molecule has 1 saturated heterocycles. The van der Waals surface area contributed by atoms with Crippen molar-refractivity contribution in [3.8, 4) is 0 Å². The fraction of sp³-hybridized carbons (Fsp3) is 0.250. The van der Waals surface area contributed by atoms with Crippen molar-refractivity contribution in [1.82, 2.24) is 0 Å². The molecule has 3 amide bonds. The summed E-state index contributed by atoms with van der Waals surface area (Å²) in [5.41, 5.74) is 0.523. The van der Waals surface area contributed by atoms with Gasteiger partial charge in [-0.15, -0.1) is 0 Å². The number of hydrogen-bond acceptors (Lipinski definition) is 7. The van der Waals surface area contributed by atoms with Crippen molar-refractivity contribution in [2.75, 3.05) is 16.8 Å². The zero-order valence-corrected chi connectivity index (χ0v) is 18.2. The molecule has 2 aromatic rings. The molecular weight excluding hydrogens is 442 g/mol. The second-order valence-corrected chi connectivity index (χ2v) is 8.15. The van der Waals surface area contributed by atoms with Gasteiger partial charge in [-0.05, 0) is 42.7 Å². The number of esters is 1. The van der Waals surface area contributed by atoms with Crippen LogP contribution in [0.5, 0.6) is 0 Å². The normalized spacial score (nSPS) is 21.2. The molecule has 3 atom stereocenters. The third kappa shape index (κ3) is 4.42. The van der Waals surface area contributed by atoms with E-state index in [0.29, 0.717) is 12.1 Å². The number of nitro groups is 1. The highest BCUT2D eigenvalue weighted by molar-refractivity contribution is 6.22. The van der Waals surface area contributed by atoms with E-state index in [1.54, 1.807) is 0 Å². The van der Waals surface area contributed by atoms with Crippen molar-refractivity contribution >= 4 is 40.8 Å². The first-order valence-electron chi connectivity index (χ1n) is 10.6. The maximum absolute atomic E-state index is 12.9. The molecule has 1 heterocycles. The number of imide groups is 1. The Balaban J connectivity index is 1.36. The number of non-ortho nitro benzene ring substituents is 1. The van der Waals surface area contributed by atoms with Crippen molar-refractivity contribution in [3.05, 3.63) is 76.4 Å². The molecule has 0 spiro atoms. The van der Waals surface area contributed by atoms with E-state index in [1.807, 2.05) is 19.1 Å². The van der Waals surface area contributed by atoms with Gasteiger partial charge in [0.05, 0.1) is 28.0 Å². The predicted octanol–water partition coefficient (Wildman–Crippen LogP) is 3.09. The Morgan fingerprint density at radius 3 is 2.56 bits per heavy atom. The minimum absolute atomic E-state index is 0.0254. The molecule has 1 fully saturated rings. The number of anilines is 2. The molecule has 10 heteroatoms. The number of fused-ring (bicyclic) bond motifs is 1. The Morgan fingerprint density at radius 1 is 1.15 bits per heavy atom. The van der Waals surface area contributed by atoms with Crippen molar-refractivity contribution < 1.29 is 28.8 Å². The number of nitrogens with one attached hydrogen (secondary N) is 1. The van der Waals surface area contributed by atoms with Gasteiger partial charge in [-0.25, -0.2) is 4.79 Å². The average Bonchev–Trinajstić information content (AvgIpc) is 3.08. The molecule has 0 aromatic heterocycles. The number of benzene rings is 2. The number of carbonyl (C=O) groups is 4. The highest BCUT2D eigenvalue weighted by Gasteiger charge is 2.50. The van der Waals surface area contributed by atoms with Gasteiger partial charge in [0, 0.05) is 17.8 Å². The molecule has 1 aliphatic carbocycles. The molecule has 2 aliphatic rings. The van der Waals surface area contributed by atoms with Crippen LogP contribution in [-0.2, 0) is 19.1 Å². The van der Waals surface area contributed by atoms with Crippen LogP contribution in [0, 0.1) is 27.9 Å². The summed E-state index contributed by atoms with van der Waals surface area (Å²) >= 11 is 0. The SMILES string of the molecule is C[C@@H]1C=CC[C@@H]2C(=O)N(c3ccc(C(=O)OCC(=O)Nc4cccc([N+](=O)[O-])c4)cc3)C(=O)[C@@H]12. The maximum Gasteiger partial charge on any atom is 0.338 e. The highest BCUT2D eigenvalue weighted by atomic mass is 16.6. The largest absolute Gasteiger partial charge is 0.452 e. The molecule has 174 valence electrons. The lowest BCUT2D eigenvalue weighted by Crippen LogP contribution is -2.31. The standard InChI is InChI=1S/C24H21N3O7/c1-14-4-2-7-19-21(14)23(30)26(22(19)29)17-10-8-15(9-11-17)24(31)34-13-20(28)25-16-5-3-6-18(12-16)27(32)33/h2-6,8-12,14,19,21H,7,13H2,1H3,(H,25,28)/t14-,19+,21+/m1/s1. The molecule has 0 bridgehead atoms. The number of nitro benzene ring substituents is 1. The zero-order chi connectivity index (χ0) is 24.4. The van der Waals surface area contributed by atoms with E-state index < -0.39 is 23.4 Å². The fourth-order valence-corrected chi connectivity index (χ4v) is 4.26. The van der Waals surface area contributed by atoms with Crippen LogP contribution in [-0.4, -0.2) is 35.2 Å². The summed E-state index contributed by atoms with van der Waals surface area (Å²) in [5, 5.41) is 13.2. The van der Waals surface area contributed by atoms with Gasteiger partial charge in [0.15, 0.2) is 6.61 Å². The van der Waals surface area contributed by atoms with Gasteiger partial charge in [0.2, 0.25) is 11.8 Å². The quantitative estimate of drug-likeness (QED) is 0.229. The summed E-state index contributed by atoms with van der Waals surface area (Å²) < 4.78 is 5.00. The van der Waals surface area contributed by atoms with Gasteiger partial charge < -0.3 is 10.1 Å². The first kappa shape index (κ1) is 22.8. The summed E-state index contributed by atoms with van der Waals surface area (Å²) in [6, 6.07) is 11.2. The summed E-state index contributed by atoms with van der Waals surface area (Å²) in [5.74, 6) is -2.72. The second kappa shape index (κ2) is 9.26. The first-order valence-corrected chi connectivity index (χ1v) is 10.6. The monoisotopic (exact) mass is 463 g/mol. The molecule has 1 N–H and O–H groups in total. The molecule has 10 nitrogen and oxygen atoms in total. The lowest BCUT2D eigenvalue weighted by molar-refractivity contribution is -0.384. The van der Waals surface area contributed by atoms with E-state index >= 15 is 0 Å². The topological polar surface area (TPSA) is 136 Å². The van der Waals surface area contributed by atoms with E-state index in [9.17, 15) is 29.3 Å².